The maximum atomic E-state index is 12.1. The fourth-order valence-electron chi connectivity index (χ4n) is 4.09. The van der Waals surface area contributed by atoms with Crippen LogP contribution < -0.4 is 10.9 Å². The van der Waals surface area contributed by atoms with E-state index < -0.39 is 0 Å². The van der Waals surface area contributed by atoms with Crippen molar-refractivity contribution < 1.29 is 0 Å². The predicted octanol–water partition coefficient (Wildman–Crippen LogP) is 2.78. The van der Waals surface area contributed by atoms with Crippen molar-refractivity contribution >= 4 is 21.4 Å². The van der Waals surface area contributed by atoms with Crippen molar-refractivity contribution in [3.8, 4) is 0 Å². The Hall–Kier alpha value is -1.47. The lowest BCUT2D eigenvalue weighted by Gasteiger charge is -2.33. The first kappa shape index (κ1) is 17.0. The number of likely N-dealkylation sites (tertiary alicyclic amines) is 1. The van der Waals surface area contributed by atoms with Gasteiger partial charge in [0.15, 0.2) is 0 Å². The summed E-state index contributed by atoms with van der Waals surface area (Å²) in [6.07, 6.45) is 8.75. The molecule has 0 aromatic carbocycles. The first-order valence-electron chi connectivity index (χ1n) is 9.60. The number of nitrogens with zero attached hydrogens (tertiary/aromatic N) is 4. The van der Waals surface area contributed by atoms with Gasteiger partial charge < -0.3 is 10.2 Å². The van der Waals surface area contributed by atoms with Gasteiger partial charge in [-0.2, -0.15) is 4.52 Å². The smallest absolute Gasteiger partial charge is 0.275 e. The lowest BCUT2D eigenvalue weighted by atomic mass is 10.0. The van der Waals surface area contributed by atoms with Crippen molar-refractivity contribution in [3.05, 3.63) is 22.1 Å². The van der Waals surface area contributed by atoms with Crippen LogP contribution in [0.15, 0.2) is 10.9 Å². The van der Waals surface area contributed by atoms with Crippen molar-refractivity contribution in [1.29, 1.82) is 0 Å². The number of nitrogens with one attached hydrogen (secondary N) is 1. The minimum absolute atomic E-state index is 0.0856. The van der Waals surface area contributed by atoms with E-state index in [9.17, 15) is 4.79 Å². The Kier molecular flexibility index (Phi) is 5.03. The van der Waals surface area contributed by atoms with E-state index in [1.807, 2.05) is 6.92 Å². The number of aryl methyl sites for hydroxylation is 1. The highest BCUT2D eigenvalue weighted by Crippen LogP contribution is 2.27. The van der Waals surface area contributed by atoms with Gasteiger partial charge in [-0.15, -0.1) is 5.10 Å². The van der Waals surface area contributed by atoms with Gasteiger partial charge in [-0.3, -0.25) is 4.79 Å². The van der Waals surface area contributed by atoms with Crippen molar-refractivity contribution in [2.45, 2.75) is 57.9 Å². The molecule has 1 saturated carbocycles. The molecule has 1 aliphatic carbocycles. The number of hydrogen-bond acceptors (Lipinski definition) is 6. The number of hydrogen-bond donors (Lipinski definition) is 1. The van der Waals surface area contributed by atoms with E-state index in [0.29, 0.717) is 11.0 Å². The minimum Gasteiger partial charge on any atom is -0.357 e. The second-order valence-electron chi connectivity index (χ2n) is 7.41. The van der Waals surface area contributed by atoms with Crippen molar-refractivity contribution in [2.24, 2.45) is 5.92 Å². The van der Waals surface area contributed by atoms with Crippen LogP contribution in [-0.2, 0) is 6.42 Å². The molecule has 2 aromatic rings. The summed E-state index contributed by atoms with van der Waals surface area (Å²) in [5, 5.41) is 8.76. The van der Waals surface area contributed by atoms with Gasteiger partial charge in [0.25, 0.3) is 5.56 Å². The van der Waals surface area contributed by atoms with Crippen LogP contribution in [0.4, 0.5) is 5.13 Å². The van der Waals surface area contributed by atoms with Crippen LogP contribution in [-0.4, -0.2) is 45.2 Å². The SMILES string of the molecule is CCc1cc(=O)n2nc(NC3CCN(CC4CCCC4)CC3)sc2n1. The van der Waals surface area contributed by atoms with Crippen LogP contribution in [0.2, 0.25) is 0 Å². The zero-order valence-corrected chi connectivity index (χ0v) is 15.7. The Balaban J connectivity index is 1.36. The molecule has 0 radical (unpaired) electrons. The Labute approximate surface area is 152 Å². The number of rotatable bonds is 5. The van der Waals surface area contributed by atoms with Gasteiger partial charge in [0, 0.05) is 37.4 Å². The molecule has 0 atom stereocenters. The Morgan fingerprint density at radius 1 is 1.24 bits per heavy atom. The first-order valence-corrected chi connectivity index (χ1v) is 10.4. The quantitative estimate of drug-likeness (QED) is 0.887. The molecule has 25 heavy (non-hydrogen) atoms. The molecule has 0 amide bonds. The summed E-state index contributed by atoms with van der Waals surface area (Å²) in [6.45, 7) is 5.62. The molecular formula is C18H27N5OS. The second-order valence-corrected chi connectivity index (χ2v) is 8.37. The van der Waals surface area contributed by atoms with Crippen molar-refractivity contribution in [1.82, 2.24) is 19.5 Å². The molecule has 0 spiro atoms. The molecule has 7 heteroatoms. The fraction of sp³-hybridized carbons (Fsp3) is 0.722. The molecule has 3 heterocycles. The Morgan fingerprint density at radius 2 is 2.00 bits per heavy atom. The maximum absolute atomic E-state index is 12.1. The summed E-state index contributed by atoms with van der Waals surface area (Å²) in [5.74, 6) is 0.930. The zero-order chi connectivity index (χ0) is 17.2. The van der Waals surface area contributed by atoms with E-state index in [0.717, 1.165) is 49.1 Å². The van der Waals surface area contributed by atoms with Crippen molar-refractivity contribution in [2.75, 3.05) is 25.0 Å². The van der Waals surface area contributed by atoms with Crippen LogP contribution >= 0.6 is 11.3 Å². The van der Waals surface area contributed by atoms with Gasteiger partial charge in [0.1, 0.15) is 0 Å². The molecular weight excluding hydrogens is 334 g/mol. The van der Waals surface area contributed by atoms with E-state index in [2.05, 4.69) is 20.3 Å². The molecule has 4 rings (SSSR count). The third-order valence-corrected chi connectivity index (χ3v) is 6.41. The van der Waals surface area contributed by atoms with E-state index in [4.69, 9.17) is 0 Å². The molecule has 136 valence electrons. The summed E-state index contributed by atoms with van der Waals surface area (Å²) in [7, 11) is 0. The predicted molar refractivity (Wildman–Crippen MR) is 102 cm³/mol. The standard InChI is InChI=1S/C18H27N5OS/c1-2-14-11-16(24)23-18(20-14)25-17(21-23)19-15-7-9-22(10-8-15)12-13-5-3-4-6-13/h11,13,15H,2-10,12H2,1H3,(H,19,21). The second kappa shape index (κ2) is 7.41. The van der Waals surface area contributed by atoms with Crippen LogP contribution in [0.1, 0.15) is 51.1 Å². The Morgan fingerprint density at radius 3 is 2.72 bits per heavy atom. The monoisotopic (exact) mass is 361 g/mol. The summed E-state index contributed by atoms with van der Waals surface area (Å²) in [5.41, 5.74) is 0.748. The number of aromatic nitrogens is 3. The summed E-state index contributed by atoms with van der Waals surface area (Å²) in [6, 6.07) is 2.03. The van der Waals surface area contributed by atoms with Gasteiger partial charge in [-0.05, 0) is 38.0 Å². The average Bonchev–Trinajstić information content (AvgIpc) is 3.26. The number of piperidine rings is 1. The summed E-state index contributed by atoms with van der Waals surface area (Å²) in [4.78, 5) is 19.9. The first-order chi connectivity index (χ1) is 12.2. The molecule has 2 aromatic heterocycles. The van der Waals surface area contributed by atoms with Crippen LogP contribution in [0, 0.1) is 5.92 Å². The number of anilines is 1. The maximum Gasteiger partial charge on any atom is 0.275 e. The third-order valence-electron chi connectivity index (χ3n) is 5.57. The molecule has 0 unspecified atom stereocenters. The highest BCUT2D eigenvalue weighted by Gasteiger charge is 2.24. The van der Waals surface area contributed by atoms with Gasteiger partial charge in [0.05, 0.1) is 0 Å². The van der Waals surface area contributed by atoms with Gasteiger partial charge in [0.2, 0.25) is 10.1 Å². The third kappa shape index (κ3) is 3.87. The molecule has 1 saturated heterocycles. The molecule has 2 fully saturated rings. The van der Waals surface area contributed by atoms with Gasteiger partial charge >= 0.3 is 0 Å². The van der Waals surface area contributed by atoms with E-state index >= 15 is 0 Å². The lowest BCUT2D eigenvalue weighted by molar-refractivity contribution is 0.189. The zero-order valence-electron chi connectivity index (χ0n) is 14.9. The molecule has 2 aliphatic rings. The highest BCUT2D eigenvalue weighted by atomic mass is 32.1. The van der Waals surface area contributed by atoms with Gasteiger partial charge in [-0.25, -0.2) is 4.98 Å². The summed E-state index contributed by atoms with van der Waals surface area (Å²) < 4.78 is 1.42. The average molecular weight is 362 g/mol. The highest BCUT2D eigenvalue weighted by molar-refractivity contribution is 7.20. The minimum atomic E-state index is -0.0856. The van der Waals surface area contributed by atoms with Crippen LogP contribution in [0.25, 0.3) is 4.96 Å². The molecule has 0 bridgehead atoms. The van der Waals surface area contributed by atoms with E-state index in [-0.39, 0.29) is 5.56 Å². The molecule has 6 nitrogen and oxygen atoms in total. The van der Waals surface area contributed by atoms with E-state index in [1.165, 1.54) is 48.1 Å². The Bertz CT molecular complexity index is 771. The largest absolute Gasteiger partial charge is 0.357 e. The van der Waals surface area contributed by atoms with E-state index in [1.54, 1.807) is 6.07 Å². The molecule has 1 aliphatic heterocycles. The lowest BCUT2D eigenvalue weighted by Crippen LogP contribution is -2.41. The van der Waals surface area contributed by atoms with Crippen molar-refractivity contribution in [3.63, 3.8) is 0 Å². The number of fused-ring (bicyclic) bond motifs is 1. The summed E-state index contributed by atoms with van der Waals surface area (Å²) >= 11 is 1.48. The normalized spacial score (nSPS) is 20.5. The topological polar surface area (TPSA) is 62.5 Å². The fourth-order valence-corrected chi connectivity index (χ4v) is 4.99. The van der Waals surface area contributed by atoms with Gasteiger partial charge in [-0.1, -0.05) is 31.1 Å². The van der Waals surface area contributed by atoms with Crippen LogP contribution in [0.3, 0.4) is 0 Å². The van der Waals surface area contributed by atoms with Crippen LogP contribution in [0.5, 0.6) is 0 Å². The molecule has 1 N–H and O–H groups in total.